The summed E-state index contributed by atoms with van der Waals surface area (Å²) in [7, 11) is 1.61. The van der Waals surface area contributed by atoms with Crippen molar-refractivity contribution in [2.24, 2.45) is 5.73 Å². The zero-order valence-electron chi connectivity index (χ0n) is 31.0. The number of carbonyl (C=O) groups is 5. The third-order valence-corrected chi connectivity index (χ3v) is 10.8. The van der Waals surface area contributed by atoms with E-state index in [2.05, 4.69) is 20.9 Å². The molecule has 0 radical (unpaired) electrons. The van der Waals surface area contributed by atoms with E-state index in [-0.39, 0.29) is 67.2 Å². The lowest BCUT2D eigenvalue weighted by Crippen LogP contribution is -2.52. The molecule has 5 amide bonds. The smallest absolute Gasteiger partial charge is 0.271 e. The second-order valence-electron chi connectivity index (χ2n) is 14.2. The van der Waals surface area contributed by atoms with Crippen molar-refractivity contribution in [1.82, 2.24) is 25.1 Å². The highest BCUT2D eigenvalue weighted by atomic mass is 16.5. The molecule has 2 aromatic carbocycles. The molecule has 16 nitrogen and oxygen atoms in total. The van der Waals surface area contributed by atoms with Crippen molar-refractivity contribution < 1.29 is 38.2 Å². The first-order valence-electron chi connectivity index (χ1n) is 18.8. The fourth-order valence-corrected chi connectivity index (χ4v) is 7.75. The van der Waals surface area contributed by atoms with Crippen LogP contribution in [0.3, 0.4) is 0 Å². The minimum absolute atomic E-state index is 0.0535. The number of primary amides is 1. The molecule has 0 spiro atoms. The van der Waals surface area contributed by atoms with Gasteiger partial charge in [-0.25, -0.2) is 9.97 Å². The first-order valence-corrected chi connectivity index (χ1v) is 18.8. The summed E-state index contributed by atoms with van der Waals surface area (Å²) in [6.07, 6.45) is 4.11. The summed E-state index contributed by atoms with van der Waals surface area (Å²) in [6, 6.07) is 10.3. The van der Waals surface area contributed by atoms with E-state index in [4.69, 9.17) is 24.9 Å². The van der Waals surface area contributed by atoms with Crippen LogP contribution in [0, 0.1) is 0 Å². The van der Waals surface area contributed by atoms with Gasteiger partial charge in [0.2, 0.25) is 11.8 Å². The van der Waals surface area contributed by atoms with Crippen molar-refractivity contribution in [3.05, 3.63) is 64.5 Å². The number of fused-ring (bicyclic) bond motifs is 1. The molecular formula is C39H46N8O8. The van der Waals surface area contributed by atoms with Crippen molar-refractivity contribution in [3.63, 3.8) is 0 Å². The van der Waals surface area contributed by atoms with Crippen LogP contribution < -0.4 is 31.2 Å². The lowest BCUT2D eigenvalue weighted by molar-refractivity contribution is -0.137. The molecule has 1 atom stereocenters. The molecule has 3 saturated heterocycles. The number of methoxy groups -OCH3 is 1. The van der Waals surface area contributed by atoms with Crippen LogP contribution in [-0.4, -0.2) is 101 Å². The van der Waals surface area contributed by atoms with E-state index in [0.717, 1.165) is 18.4 Å². The number of nitrogens with zero attached hydrogens (tertiary/aromatic N) is 4. The van der Waals surface area contributed by atoms with Gasteiger partial charge in [0, 0.05) is 61.6 Å². The van der Waals surface area contributed by atoms with Crippen LogP contribution in [0.2, 0.25) is 0 Å². The number of amides is 5. The summed E-state index contributed by atoms with van der Waals surface area (Å²) in [5.41, 5.74) is 9.15. The molecule has 5 N–H and O–H groups in total. The van der Waals surface area contributed by atoms with Crippen LogP contribution in [0.15, 0.2) is 36.4 Å². The van der Waals surface area contributed by atoms with Crippen molar-refractivity contribution in [1.29, 1.82) is 0 Å². The Hall–Kier alpha value is -5.77. The summed E-state index contributed by atoms with van der Waals surface area (Å²) >= 11 is 0. The maximum absolute atomic E-state index is 13.3. The van der Waals surface area contributed by atoms with E-state index in [1.807, 2.05) is 25.1 Å². The van der Waals surface area contributed by atoms with Crippen LogP contribution in [0.5, 0.6) is 11.5 Å². The molecule has 4 aliphatic rings. The second-order valence-corrected chi connectivity index (χ2v) is 14.2. The Balaban J connectivity index is 0.969. The first kappa shape index (κ1) is 37.5. The topological polar surface area (TPSA) is 207 Å². The maximum atomic E-state index is 13.3. The van der Waals surface area contributed by atoms with E-state index in [9.17, 15) is 24.0 Å². The molecule has 3 aromatic rings. The number of aromatic nitrogens is 2. The van der Waals surface area contributed by atoms with Crippen LogP contribution in [-0.2, 0) is 32.1 Å². The average molecular weight is 755 g/mol. The number of piperidine rings is 2. The summed E-state index contributed by atoms with van der Waals surface area (Å²) in [4.78, 5) is 75.6. The Morgan fingerprint density at radius 3 is 2.49 bits per heavy atom. The van der Waals surface area contributed by atoms with Gasteiger partial charge in [-0.2, -0.15) is 0 Å². The summed E-state index contributed by atoms with van der Waals surface area (Å²) in [5, 5.41) is 9.03. The van der Waals surface area contributed by atoms with Gasteiger partial charge >= 0.3 is 0 Å². The lowest BCUT2D eigenvalue weighted by Gasteiger charge is -2.33. The Morgan fingerprint density at radius 2 is 1.78 bits per heavy atom. The Morgan fingerprint density at radius 1 is 1.00 bits per heavy atom. The van der Waals surface area contributed by atoms with Crippen LogP contribution in [0.25, 0.3) is 0 Å². The molecule has 1 aromatic heterocycles. The number of hydrogen-bond donors (Lipinski definition) is 4. The molecule has 4 aliphatic heterocycles. The number of anilines is 3. The maximum Gasteiger partial charge on any atom is 0.271 e. The van der Waals surface area contributed by atoms with Crippen LogP contribution in [0.4, 0.5) is 17.3 Å². The van der Waals surface area contributed by atoms with E-state index in [0.29, 0.717) is 85.4 Å². The monoisotopic (exact) mass is 754 g/mol. The van der Waals surface area contributed by atoms with Crippen molar-refractivity contribution in [2.75, 3.05) is 50.7 Å². The van der Waals surface area contributed by atoms with Gasteiger partial charge in [-0.3, -0.25) is 29.3 Å². The van der Waals surface area contributed by atoms with Gasteiger partial charge in [0.1, 0.15) is 17.5 Å². The van der Waals surface area contributed by atoms with Gasteiger partial charge in [-0.05, 0) is 68.2 Å². The normalized spacial score (nSPS) is 19.2. The molecule has 16 heteroatoms. The standard InChI is InChI=1S/C39H46N8O8/c1-3-28-36(41-23-13-17-54-18-14-23)45-37(34(43-28)35(40)50)42-24-7-8-25(31(19-24)53-2)22-11-15-46(16-12-22)33(49)21-55-30-6-4-5-26-27(30)20-47(39(26)52)29-9-10-32(48)44-38(29)51/h4-8,19,22-23,29H,3,9-18,20-21H2,1-2H3,(H2,40,50)(H2,41,42,45)(H,44,48,51). The predicted molar refractivity (Wildman–Crippen MR) is 200 cm³/mol. The third-order valence-electron chi connectivity index (χ3n) is 10.8. The highest BCUT2D eigenvalue weighted by Gasteiger charge is 2.40. The van der Waals surface area contributed by atoms with E-state index < -0.39 is 17.9 Å². The van der Waals surface area contributed by atoms with Gasteiger partial charge in [0.15, 0.2) is 23.9 Å². The number of carbonyl (C=O) groups excluding carboxylic acids is 5. The number of hydrogen-bond acceptors (Lipinski definition) is 12. The van der Waals surface area contributed by atoms with Crippen molar-refractivity contribution in [2.45, 2.75) is 76.4 Å². The molecule has 0 bridgehead atoms. The van der Waals surface area contributed by atoms with Crippen molar-refractivity contribution >= 4 is 46.9 Å². The third kappa shape index (κ3) is 8.04. The van der Waals surface area contributed by atoms with E-state index in [1.165, 1.54) is 4.90 Å². The number of benzene rings is 2. The molecule has 0 aliphatic carbocycles. The minimum Gasteiger partial charge on any atom is -0.496 e. The number of nitrogens with one attached hydrogen (secondary N) is 3. The fourth-order valence-electron chi connectivity index (χ4n) is 7.75. The van der Waals surface area contributed by atoms with Gasteiger partial charge in [0.05, 0.1) is 19.3 Å². The molecule has 0 saturated carbocycles. The zero-order valence-corrected chi connectivity index (χ0v) is 31.0. The Labute approximate surface area is 318 Å². The van der Waals surface area contributed by atoms with Crippen LogP contribution >= 0.6 is 0 Å². The largest absolute Gasteiger partial charge is 0.496 e. The highest BCUT2D eigenvalue weighted by Crippen LogP contribution is 2.38. The van der Waals surface area contributed by atoms with E-state index in [1.54, 1.807) is 30.2 Å². The molecule has 290 valence electrons. The SMILES string of the molecule is CCc1nc(C(N)=O)c(Nc2ccc(C3CCN(C(=O)COc4cccc5c4CN(C4CCC(=O)NC4=O)C5=O)CC3)c(OC)c2)nc1NC1CCOCC1. The molecular weight excluding hydrogens is 708 g/mol. The van der Waals surface area contributed by atoms with Gasteiger partial charge in [-0.15, -0.1) is 0 Å². The quantitative estimate of drug-likeness (QED) is 0.197. The number of aryl methyl sites for hydroxylation is 1. The molecule has 5 heterocycles. The summed E-state index contributed by atoms with van der Waals surface area (Å²) < 4.78 is 17.3. The summed E-state index contributed by atoms with van der Waals surface area (Å²) in [5.74, 6) is 0.0972. The Kier molecular flexibility index (Phi) is 11.1. The zero-order chi connectivity index (χ0) is 38.6. The summed E-state index contributed by atoms with van der Waals surface area (Å²) in [6.45, 7) is 4.30. The van der Waals surface area contributed by atoms with Crippen LogP contribution in [0.1, 0.15) is 89.0 Å². The average Bonchev–Trinajstić information content (AvgIpc) is 3.53. The van der Waals surface area contributed by atoms with Gasteiger partial charge in [0.25, 0.3) is 17.7 Å². The number of nitrogens with two attached hydrogens (primary N) is 1. The molecule has 7 rings (SSSR count). The first-order chi connectivity index (χ1) is 26.6. The number of ether oxygens (including phenoxy) is 3. The van der Waals surface area contributed by atoms with E-state index >= 15 is 0 Å². The van der Waals surface area contributed by atoms with Gasteiger partial charge < -0.3 is 40.4 Å². The molecule has 55 heavy (non-hydrogen) atoms. The van der Waals surface area contributed by atoms with Gasteiger partial charge in [-0.1, -0.05) is 19.1 Å². The highest BCUT2D eigenvalue weighted by molar-refractivity contribution is 6.05. The minimum atomic E-state index is -0.737. The predicted octanol–water partition coefficient (Wildman–Crippen LogP) is 3.03. The van der Waals surface area contributed by atoms with Crippen molar-refractivity contribution in [3.8, 4) is 11.5 Å². The molecule has 3 fully saturated rings. The number of imide groups is 1. The number of rotatable bonds is 12. The second kappa shape index (κ2) is 16.3. The Bertz CT molecular complexity index is 1990. The number of likely N-dealkylation sites (tertiary alicyclic amines) is 1. The lowest BCUT2D eigenvalue weighted by atomic mass is 9.88. The fraction of sp³-hybridized carbons (Fsp3) is 0.462. The molecule has 1 unspecified atom stereocenters.